The Labute approximate surface area is 102 Å². The van der Waals surface area contributed by atoms with Gasteiger partial charge < -0.3 is 9.63 Å². The van der Waals surface area contributed by atoms with Crippen molar-refractivity contribution in [3.8, 4) is 0 Å². The molecule has 1 heterocycles. The Kier molecular flexibility index (Phi) is 3.02. The summed E-state index contributed by atoms with van der Waals surface area (Å²) in [4.78, 5) is 4.39. The fourth-order valence-electron chi connectivity index (χ4n) is 2.39. The highest BCUT2D eigenvalue weighted by Gasteiger charge is 2.40. The van der Waals surface area contributed by atoms with E-state index in [1.807, 2.05) is 0 Å². The monoisotopic (exact) mass is 238 g/mol. The maximum Gasteiger partial charge on any atom is 0.229 e. The average Bonchev–Trinajstić information content (AvgIpc) is 2.75. The lowest BCUT2D eigenvalue weighted by molar-refractivity contribution is 0.00291. The van der Waals surface area contributed by atoms with Crippen LogP contribution >= 0.6 is 0 Å². The van der Waals surface area contributed by atoms with Crippen molar-refractivity contribution in [3.05, 3.63) is 11.7 Å². The minimum Gasteiger partial charge on any atom is -0.389 e. The van der Waals surface area contributed by atoms with Crippen molar-refractivity contribution in [1.29, 1.82) is 0 Å². The molecular formula is C13H22N2O2. The zero-order chi connectivity index (χ0) is 12.7. The molecule has 1 aliphatic carbocycles. The molecular weight excluding hydrogens is 216 g/mol. The summed E-state index contributed by atoms with van der Waals surface area (Å²) in [7, 11) is 0. The summed E-state index contributed by atoms with van der Waals surface area (Å²) in [6.45, 7) is 8.24. The van der Waals surface area contributed by atoms with E-state index in [9.17, 15) is 5.11 Å². The van der Waals surface area contributed by atoms with Crippen molar-refractivity contribution >= 4 is 0 Å². The fraction of sp³-hybridized carbons (Fsp3) is 0.846. The van der Waals surface area contributed by atoms with Crippen molar-refractivity contribution in [1.82, 2.24) is 10.1 Å². The van der Waals surface area contributed by atoms with E-state index in [-0.39, 0.29) is 5.41 Å². The molecule has 1 aromatic rings. The Balaban J connectivity index is 2.12. The number of nitrogens with zero attached hydrogens (tertiary/aromatic N) is 2. The van der Waals surface area contributed by atoms with E-state index in [4.69, 9.17) is 4.52 Å². The SMILES string of the molecule is C[C@H]1CCC[C@@]1(O)Cc1nc(C(C)(C)C)no1. The molecule has 0 aliphatic heterocycles. The van der Waals surface area contributed by atoms with Crippen molar-refractivity contribution in [2.45, 2.75) is 64.4 Å². The lowest BCUT2D eigenvalue weighted by Crippen LogP contribution is -2.34. The smallest absolute Gasteiger partial charge is 0.229 e. The number of rotatable bonds is 2. The van der Waals surface area contributed by atoms with Gasteiger partial charge in [0.1, 0.15) is 0 Å². The third-order valence-electron chi connectivity index (χ3n) is 3.76. The summed E-state index contributed by atoms with van der Waals surface area (Å²) in [5.41, 5.74) is -0.757. The van der Waals surface area contributed by atoms with Crippen LogP contribution in [0.4, 0.5) is 0 Å². The van der Waals surface area contributed by atoms with Gasteiger partial charge in [-0.15, -0.1) is 0 Å². The predicted molar refractivity (Wildman–Crippen MR) is 64.7 cm³/mol. The number of aliphatic hydroxyl groups is 1. The summed E-state index contributed by atoms with van der Waals surface area (Å²) in [6.07, 6.45) is 3.48. The average molecular weight is 238 g/mol. The van der Waals surface area contributed by atoms with E-state index in [1.165, 1.54) is 0 Å². The topological polar surface area (TPSA) is 59.2 Å². The second-order valence-corrected chi connectivity index (χ2v) is 6.34. The molecule has 1 saturated carbocycles. The van der Waals surface area contributed by atoms with Crippen molar-refractivity contribution in [2.75, 3.05) is 0 Å². The number of aromatic nitrogens is 2. The first-order chi connectivity index (χ1) is 7.81. The molecule has 1 N–H and O–H groups in total. The van der Waals surface area contributed by atoms with Gasteiger partial charge in [-0.1, -0.05) is 39.3 Å². The molecule has 17 heavy (non-hydrogen) atoms. The van der Waals surface area contributed by atoms with Gasteiger partial charge in [0, 0.05) is 5.41 Å². The quantitative estimate of drug-likeness (QED) is 0.859. The summed E-state index contributed by atoms with van der Waals surface area (Å²) in [6, 6.07) is 0. The van der Waals surface area contributed by atoms with Gasteiger partial charge in [-0.25, -0.2) is 0 Å². The van der Waals surface area contributed by atoms with Crippen LogP contribution in [0, 0.1) is 5.92 Å². The Morgan fingerprint density at radius 1 is 1.47 bits per heavy atom. The highest BCUT2D eigenvalue weighted by Crippen LogP contribution is 2.37. The number of hydrogen-bond acceptors (Lipinski definition) is 4. The highest BCUT2D eigenvalue weighted by atomic mass is 16.5. The maximum absolute atomic E-state index is 10.5. The maximum atomic E-state index is 10.5. The highest BCUT2D eigenvalue weighted by molar-refractivity contribution is 5.03. The van der Waals surface area contributed by atoms with Crippen molar-refractivity contribution < 1.29 is 9.63 Å². The minimum absolute atomic E-state index is 0.105. The third kappa shape index (κ3) is 2.51. The van der Waals surface area contributed by atoms with E-state index >= 15 is 0 Å². The molecule has 96 valence electrons. The first-order valence-electron chi connectivity index (χ1n) is 6.37. The van der Waals surface area contributed by atoms with Crippen LogP contribution in [0.15, 0.2) is 4.52 Å². The van der Waals surface area contributed by atoms with Gasteiger partial charge in [-0.3, -0.25) is 0 Å². The fourth-order valence-corrected chi connectivity index (χ4v) is 2.39. The van der Waals surface area contributed by atoms with Crippen LogP contribution in [0.5, 0.6) is 0 Å². The van der Waals surface area contributed by atoms with E-state index in [0.29, 0.717) is 24.1 Å². The van der Waals surface area contributed by atoms with Crippen LogP contribution < -0.4 is 0 Å². The molecule has 2 atom stereocenters. The molecule has 0 aromatic carbocycles. The van der Waals surface area contributed by atoms with Crippen LogP contribution in [-0.4, -0.2) is 20.8 Å². The van der Waals surface area contributed by atoms with Crippen LogP contribution in [-0.2, 0) is 11.8 Å². The van der Waals surface area contributed by atoms with Gasteiger partial charge in [0.05, 0.1) is 12.0 Å². The number of hydrogen-bond donors (Lipinski definition) is 1. The van der Waals surface area contributed by atoms with Crippen LogP contribution in [0.2, 0.25) is 0 Å². The summed E-state index contributed by atoms with van der Waals surface area (Å²) >= 11 is 0. The molecule has 1 aliphatic rings. The van der Waals surface area contributed by atoms with E-state index in [0.717, 1.165) is 19.3 Å². The molecule has 0 saturated heterocycles. The first kappa shape index (κ1) is 12.6. The van der Waals surface area contributed by atoms with Crippen LogP contribution in [0.25, 0.3) is 0 Å². The zero-order valence-corrected chi connectivity index (χ0v) is 11.2. The van der Waals surface area contributed by atoms with E-state index in [2.05, 4.69) is 37.8 Å². The van der Waals surface area contributed by atoms with Crippen molar-refractivity contribution in [2.24, 2.45) is 5.92 Å². The Bertz CT molecular complexity index is 394. The summed E-state index contributed by atoms with van der Waals surface area (Å²) < 4.78 is 5.25. The Morgan fingerprint density at radius 3 is 2.65 bits per heavy atom. The minimum atomic E-state index is -0.651. The normalized spacial score (nSPS) is 29.8. The molecule has 0 radical (unpaired) electrons. The third-order valence-corrected chi connectivity index (χ3v) is 3.76. The van der Waals surface area contributed by atoms with Gasteiger partial charge in [0.25, 0.3) is 0 Å². The summed E-state index contributed by atoms with van der Waals surface area (Å²) in [5.74, 6) is 1.58. The molecule has 1 aromatic heterocycles. The molecule has 4 heteroatoms. The molecule has 0 unspecified atom stereocenters. The largest absolute Gasteiger partial charge is 0.389 e. The Hall–Kier alpha value is -0.900. The van der Waals surface area contributed by atoms with Crippen molar-refractivity contribution in [3.63, 3.8) is 0 Å². The van der Waals surface area contributed by atoms with E-state index < -0.39 is 5.60 Å². The van der Waals surface area contributed by atoms with Gasteiger partial charge in [0.15, 0.2) is 5.82 Å². The first-order valence-corrected chi connectivity index (χ1v) is 6.37. The standard InChI is InChI=1S/C13H22N2O2/c1-9-6-5-7-13(9,16)8-10-14-11(15-17-10)12(2,3)4/h9,16H,5-8H2,1-4H3/t9-,13+/m0/s1. The van der Waals surface area contributed by atoms with Crippen LogP contribution in [0.3, 0.4) is 0 Å². The molecule has 0 amide bonds. The second kappa shape index (κ2) is 4.09. The van der Waals surface area contributed by atoms with E-state index in [1.54, 1.807) is 0 Å². The van der Waals surface area contributed by atoms with Gasteiger partial charge in [-0.05, 0) is 18.8 Å². The zero-order valence-electron chi connectivity index (χ0n) is 11.2. The van der Waals surface area contributed by atoms with Crippen LogP contribution in [0.1, 0.15) is 58.7 Å². The lowest BCUT2D eigenvalue weighted by Gasteiger charge is -2.25. The lowest BCUT2D eigenvalue weighted by atomic mass is 9.89. The molecule has 0 spiro atoms. The summed E-state index contributed by atoms with van der Waals surface area (Å²) in [5, 5.41) is 14.5. The second-order valence-electron chi connectivity index (χ2n) is 6.34. The van der Waals surface area contributed by atoms with Gasteiger partial charge in [0.2, 0.25) is 5.89 Å². The molecule has 2 rings (SSSR count). The van der Waals surface area contributed by atoms with Gasteiger partial charge in [-0.2, -0.15) is 4.98 Å². The van der Waals surface area contributed by atoms with Gasteiger partial charge >= 0.3 is 0 Å². The molecule has 0 bridgehead atoms. The molecule has 4 nitrogen and oxygen atoms in total. The predicted octanol–water partition coefficient (Wildman–Crippen LogP) is 2.46. The Morgan fingerprint density at radius 2 is 2.18 bits per heavy atom. The molecule has 1 fully saturated rings.